The molecule has 0 unspecified atom stereocenters. The number of rotatable bonds is 7. The molecule has 0 aliphatic heterocycles. The number of aromatic carboxylic acids is 1. The maximum atomic E-state index is 11.6. The maximum absolute atomic E-state index is 11.6. The average Bonchev–Trinajstić information content (AvgIpc) is 2.95. The maximum Gasteiger partial charge on any atom is 0.356 e. The number of nitrogens with zero attached hydrogens (tertiary/aromatic N) is 2. The quantitative estimate of drug-likeness (QED) is 0.700. The summed E-state index contributed by atoms with van der Waals surface area (Å²) in [5, 5.41) is 14.5. The van der Waals surface area contributed by atoms with Gasteiger partial charge < -0.3 is 20.3 Å². The summed E-state index contributed by atoms with van der Waals surface area (Å²) in [6.45, 7) is 1.07. The monoisotopic (exact) mass is 288 g/mol. The Bertz CT molecular complexity index is 610. The fraction of sp³-hybridized carbons (Fsp3) is 0.214. The molecule has 21 heavy (non-hydrogen) atoms. The molecule has 0 atom stereocenters. The highest BCUT2D eigenvalue weighted by atomic mass is 16.4. The van der Waals surface area contributed by atoms with E-state index in [9.17, 15) is 9.59 Å². The highest BCUT2D eigenvalue weighted by Crippen LogP contribution is 2.03. The van der Waals surface area contributed by atoms with Crippen molar-refractivity contribution in [1.82, 2.24) is 14.9 Å². The molecular formula is C14H16N4O3. The molecule has 1 aromatic heterocycles. The van der Waals surface area contributed by atoms with E-state index in [-0.39, 0.29) is 18.1 Å². The van der Waals surface area contributed by atoms with Gasteiger partial charge in [-0.3, -0.25) is 4.79 Å². The van der Waals surface area contributed by atoms with E-state index in [2.05, 4.69) is 15.6 Å². The van der Waals surface area contributed by atoms with Crippen molar-refractivity contribution >= 4 is 17.6 Å². The lowest BCUT2D eigenvalue weighted by Crippen LogP contribution is -2.32. The lowest BCUT2D eigenvalue weighted by Gasteiger charge is -2.07. The van der Waals surface area contributed by atoms with Crippen LogP contribution in [0.15, 0.2) is 42.9 Å². The van der Waals surface area contributed by atoms with E-state index in [1.165, 1.54) is 12.5 Å². The molecule has 0 fully saturated rings. The van der Waals surface area contributed by atoms with Gasteiger partial charge in [0.05, 0.1) is 12.9 Å². The van der Waals surface area contributed by atoms with Gasteiger partial charge in [-0.1, -0.05) is 18.2 Å². The Hall–Kier alpha value is -2.83. The Kier molecular flexibility index (Phi) is 4.92. The minimum atomic E-state index is -1.06. The van der Waals surface area contributed by atoms with Gasteiger partial charge in [0.25, 0.3) is 0 Å². The van der Waals surface area contributed by atoms with E-state index >= 15 is 0 Å². The molecule has 1 amide bonds. The second-order valence-corrected chi connectivity index (χ2v) is 4.37. The van der Waals surface area contributed by atoms with Crippen molar-refractivity contribution in [3.05, 3.63) is 48.5 Å². The minimum absolute atomic E-state index is 0.00734. The third-order valence-electron chi connectivity index (χ3n) is 2.77. The van der Waals surface area contributed by atoms with Crippen molar-refractivity contribution < 1.29 is 14.7 Å². The first-order valence-corrected chi connectivity index (χ1v) is 6.46. The number of carboxylic acids is 1. The third kappa shape index (κ3) is 4.64. The first-order chi connectivity index (χ1) is 10.1. The summed E-state index contributed by atoms with van der Waals surface area (Å²) in [6.07, 6.45) is 2.86. The van der Waals surface area contributed by atoms with Crippen molar-refractivity contribution in [1.29, 1.82) is 0 Å². The van der Waals surface area contributed by atoms with Crippen LogP contribution in [0.25, 0.3) is 0 Å². The van der Waals surface area contributed by atoms with Crippen molar-refractivity contribution in [2.75, 3.05) is 18.4 Å². The number of imidazole rings is 1. The Morgan fingerprint density at radius 1 is 1.24 bits per heavy atom. The largest absolute Gasteiger partial charge is 0.476 e. The number of anilines is 1. The average molecular weight is 288 g/mol. The molecule has 0 radical (unpaired) electrons. The van der Waals surface area contributed by atoms with Crippen LogP contribution in [0.5, 0.6) is 0 Å². The predicted molar refractivity (Wildman–Crippen MR) is 77.1 cm³/mol. The van der Waals surface area contributed by atoms with Gasteiger partial charge in [0.1, 0.15) is 0 Å². The van der Waals surface area contributed by atoms with Gasteiger partial charge in [-0.15, -0.1) is 0 Å². The number of hydrogen-bond acceptors (Lipinski definition) is 4. The number of nitrogens with one attached hydrogen (secondary N) is 2. The molecule has 7 nitrogen and oxygen atoms in total. The highest BCUT2D eigenvalue weighted by molar-refractivity contribution is 5.84. The third-order valence-corrected chi connectivity index (χ3v) is 2.77. The van der Waals surface area contributed by atoms with Gasteiger partial charge in [0, 0.05) is 25.0 Å². The van der Waals surface area contributed by atoms with Crippen LogP contribution >= 0.6 is 0 Å². The second-order valence-electron chi connectivity index (χ2n) is 4.37. The second kappa shape index (κ2) is 7.09. The number of carbonyl (C=O) groups excluding carboxylic acids is 1. The normalized spacial score (nSPS) is 10.1. The fourth-order valence-electron chi connectivity index (χ4n) is 1.72. The van der Waals surface area contributed by atoms with Crippen molar-refractivity contribution in [2.45, 2.75) is 6.54 Å². The summed E-state index contributed by atoms with van der Waals surface area (Å²) in [6, 6.07) is 9.44. The van der Waals surface area contributed by atoms with E-state index in [0.717, 1.165) is 5.69 Å². The number of aromatic nitrogens is 2. The van der Waals surface area contributed by atoms with E-state index in [1.807, 2.05) is 30.3 Å². The van der Waals surface area contributed by atoms with Crippen LogP contribution < -0.4 is 10.6 Å². The van der Waals surface area contributed by atoms with Crippen LogP contribution in [0.4, 0.5) is 5.69 Å². The molecule has 1 aromatic carbocycles. The number of amides is 1. The van der Waals surface area contributed by atoms with Crippen LogP contribution in [0.1, 0.15) is 10.5 Å². The van der Waals surface area contributed by atoms with Crippen LogP contribution in [0.3, 0.4) is 0 Å². The highest BCUT2D eigenvalue weighted by Gasteiger charge is 2.06. The van der Waals surface area contributed by atoms with Crippen LogP contribution in [0.2, 0.25) is 0 Å². The Morgan fingerprint density at radius 3 is 2.67 bits per heavy atom. The van der Waals surface area contributed by atoms with E-state index < -0.39 is 5.97 Å². The summed E-state index contributed by atoms with van der Waals surface area (Å²) >= 11 is 0. The lowest BCUT2D eigenvalue weighted by atomic mass is 10.3. The van der Waals surface area contributed by atoms with Gasteiger partial charge >= 0.3 is 5.97 Å². The number of carbonyl (C=O) groups is 2. The molecule has 0 aliphatic rings. The first-order valence-electron chi connectivity index (χ1n) is 6.46. The molecule has 3 N–H and O–H groups in total. The Morgan fingerprint density at radius 2 is 2.00 bits per heavy atom. The summed E-state index contributed by atoms with van der Waals surface area (Å²) in [5.41, 5.74) is 0.875. The number of hydrogen-bond donors (Lipinski definition) is 3. The zero-order valence-corrected chi connectivity index (χ0v) is 11.3. The first kappa shape index (κ1) is 14.6. The Balaban J connectivity index is 1.68. The summed E-state index contributed by atoms with van der Waals surface area (Å²) in [7, 11) is 0. The molecule has 0 saturated carbocycles. The number of benzene rings is 1. The topological polar surface area (TPSA) is 96.3 Å². The molecule has 0 aliphatic carbocycles. The van der Waals surface area contributed by atoms with Crippen molar-refractivity contribution in [3.8, 4) is 0 Å². The van der Waals surface area contributed by atoms with Gasteiger partial charge in [-0.25, -0.2) is 9.78 Å². The zero-order valence-electron chi connectivity index (χ0n) is 11.3. The molecule has 7 heteroatoms. The molecule has 0 saturated heterocycles. The molecule has 0 bridgehead atoms. The lowest BCUT2D eigenvalue weighted by molar-refractivity contribution is -0.119. The molecule has 2 rings (SSSR count). The van der Waals surface area contributed by atoms with Gasteiger partial charge in [0.15, 0.2) is 5.69 Å². The smallest absolute Gasteiger partial charge is 0.356 e. The molecule has 1 heterocycles. The van der Waals surface area contributed by atoms with E-state index in [4.69, 9.17) is 5.11 Å². The minimum Gasteiger partial charge on any atom is -0.476 e. The molecular weight excluding hydrogens is 272 g/mol. The van der Waals surface area contributed by atoms with Crippen LogP contribution in [-0.4, -0.2) is 39.6 Å². The summed E-state index contributed by atoms with van der Waals surface area (Å²) in [4.78, 5) is 26.0. The van der Waals surface area contributed by atoms with Crippen LogP contribution in [0, 0.1) is 0 Å². The van der Waals surface area contributed by atoms with Crippen molar-refractivity contribution in [3.63, 3.8) is 0 Å². The van der Waals surface area contributed by atoms with E-state index in [0.29, 0.717) is 13.1 Å². The fourth-order valence-corrected chi connectivity index (χ4v) is 1.72. The summed E-state index contributed by atoms with van der Waals surface area (Å²) in [5.74, 6) is -1.19. The van der Waals surface area contributed by atoms with Gasteiger partial charge in [-0.05, 0) is 12.1 Å². The SMILES string of the molecule is O=C(CNc1ccccc1)NCCn1cnc(C(=O)O)c1. The molecule has 110 valence electrons. The van der Waals surface area contributed by atoms with Gasteiger partial charge in [0.2, 0.25) is 5.91 Å². The van der Waals surface area contributed by atoms with Crippen LogP contribution in [-0.2, 0) is 11.3 Å². The standard InChI is InChI=1S/C14H16N4O3/c19-13(8-16-11-4-2-1-3-5-11)15-6-7-18-9-12(14(20)21)17-10-18/h1-5,9-10,16H,6-8H2,(H,15,19)(H,20,21). The predicted octanol–water partition coefficient (Wildman–Crippen LogP) is 0.810. The molecule has 0 spiro atoms. The number of carboxylic acid groups (broad SMARTS) is 1. The number of para-hydroxylation sites is 1. The molecule has 2 aromatic rings. The van der Waals surface area contributed by atoms with Gasteiger partial charge in [-0.2, -0.15) is 0 Å². The zero-order chi connectivity index (χ0) is 15.1. The summed E-state index contributed by atoms with van der Waals surface area (Å²) < 4.78 is 1.62. The van der Waals surface area contributed by atoms with E-state index in [1.54, 1.807) is 4.57 Å². The Labute approximate surface area is 121 Å². The van der Waals surface area contributed by atoms with Crippen molar-refractivity contribution in [2.24, 2.45) is 0 Å².